The van der Waals surface area contributed by atoms with E-state index in [9.17, 15) is 9.59 Å². The highest BCUT2D eigenvalue weighted by molar-refractivity contribution is 5.78. The molecule has 1 unspecified atom stereocenters. The van der Waals surface area contributed by atoms with Gasteiger partial charge in [-0.15, -0.1) is 0 Å². The van der Waals surface area contributed by atoms with E-state index in [4.69, 9.17) is 9.84 Å². The number of carbonyl (C=O) groups is 2. The normalized spacial score (nSPS) is 26.1. The van der Waals surface area contributed by atoms with E-state index in [-0.39, 0.29) is 12.5 Å². The van der Waals surface area contributed by atoms with Crippen LogP contribution in [0.4, 0.5) is 0 Å². The first kappa shape index (κ1) is 15.3. The SMILES string of the molecule is CC1CCCN(C(=O)CN2CC(C)(OCC(=O)O)C2)C1. The molecule has 6 nitrogen and oxygen atoms in total. The molecule has 0 spiro atoms. The second kappa shape index (κ2) is 6.10. The van der Waals surface area contributed by atoms with Crippen molar-refractivity contribution in [2.24, 2.45) is 5.92 Å². The molecular formula is C14H24N2O4. The van der Waals surface area contributed by atoms with Crippen molar-refractivity contribution >= 4 is 11.9 Å². The standard InChI is InChI=1S/C14H24N2O4/c1-11-4-3-5-16(6-11)12(17)7-15-9-14(2,10-15)20-8-13(18)19/h11H,3-10H2,1-2H3,(H,18,19). The number of amides is 1. The van der Waals surface area contributed by atoms with Gasteiger partial charge in [0, 0.05) is 26.2 Å². The highest BCUT2D eigenvalue weighted by Gasteiger charge is 2.41. The second-order valence-electron chi connectivity index (χ2n) is 6.36. The summed E-state index contributed by atoms with van der Waals surface area (Å²) in [6.45, 7) is 7.18. The average Bonchev–Trinajstić information content (AvgIpc) is 2.34. The molecule has 1 atom stereocenters. The van der Waals surface area contributed by atoms with Crippen molar-refractivity contribution in [3.63, 3.8) is 0 Å². The zero-order chi connectivity index (χ0) is 14.8. The summed E-state index contributed by atoms with van der Waals surface area (Å²) >= 11 is 0. The molecule has 114 valence electrons. The van der Waals surface area contributed by atoms with E-state index in [0.717, 1.165) is 19.5 Å². The summed E-state index contributed by atoms with van der Waals surface area (Å²) in [5.41, 5.74) is -0.423. The van der Waals surface area contributed by atoms with Crippen molar-refractivity contribution in [1.29, 1.82) is 0 Å². The van der Waals surface area contributed by atoms with Crippen LogP contribution in [0, 0.1) is 5.92 Å². The third-order valence-corrected chi connectivity index (χ3v) is 4.03. The number of likely N-dealkylation sites (tertiary alicyclic amines) is 2. The van der Waals surface area contributed by atoms with Crippen LogP contribution in [0.15, 0.2) is 0 Å². The number of hydrogen-bond donors (Lipinski definition) is 1. The van der Waals surface area contributed by atoms with E-state index >= 15 is 0 Å². The minimum absolute atomic E-state index is 0.178. The third kappa shape index (κ3) is 3.93. The van der Waals surface area contributed by atoms with Crippen LogP contribution in [-0.2, 0) is 14.3 Å². The largest absolute Gasteiger partial charge is 0.480 e. The summed E-state index contributed by atoms with van der Waals surface area (Å²) in [6.07, 6.45) is 2.29. The monoisotopic (exact) mass is 284 g/mol. The average molecular weight is 284 g/mol. The van der Waals surface area contributed by atoms with Crippen molar-refractivity contribution in [1.82, 2.24) is 9.80 Å². The molecule has 0 radical (unpaired) electrons. The molecule has 6 heteroatoms. The van der Waals surface area contributed by atoms with Gasteiger partial charge in [-0.3, -0.25) is 9.69 Å². The minimum atomic E-state index is -0.956. The van der Waals surface area contributed by atoms with Gasteiger partial charge in [0.25, 0.3) is 0 Å². The molecule has 1 N–H and O–H groups in total. The van der Waals surface area contributed by atoms with Crippen molar-refractivity contribution in [2.45, 2.75) is 32.3 Å². The molecule has 0 aliphatic carbocycles. The Balaban J connectivity index is 1.71. The molecule has 0 aromatic heterocycles. The summed E-state index contributed by atoms with van der Waals surface area (Å²) in [7, 11) is 0. The fraction of sp³-hybridized carbons (Fsp3) is 0.857. The first-order chi connectivity index (χ1) is 9.38. The number of carboxylic acids is 1. The van der Waals surface area contributed by atoms with Crippen LogP contribution in [0.2, 0.25) is 0 Å². The topological polar surface area (TPSA) is 70.1 Å². The first-order valence-corrected chi connectivity index (χ1v) is 7.24. The lowest BCUT2D eigenvalue weighted by molar-refractivity contribution is -0.168. The molecule has 0 saturated carbocycles. The molecule has 1 amide bonds. The van der Waals surface area contributed by atoms with E-state index in [0.29, 0.717) is 25.6 Å². The molecule has 2 heterocycles. The van der Waals surface area contributed by atoms with Gasteiger partial charge in [0.2, 0.25) is 5.91 Å². The van der Waals surface area contributed by atoms with Crippen LogP contribution in [0.1, 0.15) is 26.7 Å². The fourth-order valence-electron chi connectivity index (χ4n) is 3.05. The first-order valence-electron chi connectivity index (χ1n) is 7.24. The maximum Gasteiger partial charge on any atom is 0.329 e. The van der Waals surface area contributed by atoms with Crippen molar-refractivity contribution < 1.29 is 19.4 Å². The molecule has 2 saturated heterocycles. The van der Waals surface area contributed by atoms with Gasteiger partial charge in [-0.2, -0.15) is 0 Å². The number of carbonyl (C=O) groups excluding carboxylic acids is 1. The van der Waals surface area contributed by atoms with E-state index in [2.05, 4.69) is 6.92 Å². The molecule has 2 aliphatic heterocycles. The van der Waals surface area contributed by atoms with Crippen molar-refractivity contribution in [3.8, 4) is 0 Å². The van der Waals surface area contributed by atoms with Gasteiger partial charge in [0.1, 0.15) is 6.61 Å². The molecule has 0 aromatic rings. The Morgan fingerprint density at radius 3 is 2.70 bits per heavy atom. The van der Waals surface area contributed by atoms with Crippen LogP contribution >= 0.6 is 0 Å². The summed E-state index contributed by atoms with van der Waals surface area (Å²) in [4.78, 5) is 26.6. The third-order valence-electron chi connectivity index (χ3n) is 4.03. The maximum absolute atomic E-state index is 12.2. The van der Waals surface area contributed by atoms with E-state index in [1.54, 1.807) is 0 Å². The second-order valence-corrected chi connectivity index (χ2v) is 6.36. The molecule has 2 fully saturated rings. The Bertz CT molecular complexity index is 379. The highest BCUT2D eigenvalue weighted by atomic mass is 16.5. The molecule has 2 rings (SSSR count). The molecule has 0 bridgehead atoms. The van der Waals surface area contributed by atoms with Gasteiger partial charge in [-0.1, -0.05) is 6.92 Å². The Kier molecular flexibility index (Phi) is 4.65. The van der Waals surface area contributed by atoms with Gasteiger partial charge in [-0.25, -0.2) is 4.79 Å². The summed E-state index contributed by atoms with van der Waals surface area (Å²) in [5, 5.41) is 8.60. The number of rotatable bonds is 5. The Morgan fingerprint density at radius 2 is 2.10 bits per heavy atom. The van der Waals surface area contributed by atoms with Crippen LogP contribution in [0.3, 0.4) is 0 Å². The zero-order valence-electron chi connectivity index (χ0n) is 12.3. The predicted molar refractivity (Wildman–Crippen MR) is 73.4 cm³/mol. The smallest absolute Gasteiger partial charge is 0.329 e. The molecule has 20 heavy (non-hydrogen) atoms. The molecular weight excluding hydrogens is 260 g/mol. The lowest BCUT2D eigenvalue weighted by Gasteiger charge is -2.47. The van der Waals surface area contributed by atoms with E-state index < -0.39 is 11.6 Å². The van der Waals surface area contributed by atoms with Crippen LogP contribution in [0.5, 0.6) is 0 Å². The Hall–Kier alpha value is -1.14. The fourth-order valence-corrected chi connectivity index (χ4v) is 3.05. The van der Waals surface area contributed by atoms with Crippen molar-refractivity contribution in [2.75, 3.05) is 39.3 Å². The van der Waals surface area contributed by atoms with E-state index in [1.807, 2.05) is 16.7 Å². The lowest BCUT2D eigenvalue weighted by Crippen LogP contribution is -2.63. The summed E-state index contributed by atoms with van der Waals surface area (Å²) in [5.74, 6) is -0.187. The van der Waals surface area contributed by atoms with Crippen LogP contribution in [0.25, 0.3) is 0 Å². The number of nitrogens with zero attached hydrogens (tertiary/aromatic N) is 2. The zero-order valence-corrected chi connectivity index (χ0v) is 12.3. The number of aliphatic carboxylic acids is 1. The van der Waals surface area contributed by atoms with Gasteiger partial charge >= 0.3 is 5.97 Å². The minimum Gasteiger partial charge on any atom is -0.480 e. The Labute approximate surface area is 119 Å². The lowest BCUT2D eigenvalue weighted by atomic mass is 9.96. The van der Waals surface area contributed by atoms with Gasteiger partial charge in [-0.05, 0) is 25.7 Å². The van der Waals surface area contributed by atoms with Gasteiger partial charge in [0.15, 0.2) is 0 Å². The van der Waals surface area contributed by atoms with Crippen LogP contribution in [-0.4, -0.2) is 71.7 Å². The van der Waals surface area contributed by atoms with E-state index in [1.165, 1.54) is 6.42 Å². The predicted octanol–water partition coefficient (Wildman–Crippen LogP) is 0.420. The summed E-state index contributed by atoms with van der Waals surface area (Å²) < 4.78 is 5.34. The number of piperidine rings is 1. The number of ether oxygens (including phenoxy) is 1. The van der Waals surface area contributed by atoms with Crippen LogP contribution < -0.4 is 0 Å². The highest BCUT2D eigenvalue weighted by Crippen LogP contribution is 2.25. The quantitative estimate of drug-likeness (QED) is 0.792. The maximum atomic E-state index is 12.2. The Morgan fingerprint density at radius 1 is 1.40 bits per heavy atom. The number of carboxylic acid groups (broad SMARTS) is 1. The molecule has 2 aliphatic rings. The molecule has 0 aromatic carbocycles. The van der Waals surface area contributed by atoms with Crippen molar-refractivity contribution in [3.05, 3.63) is 0 Å². The van der Waals surface area contributed by atoms with Gasteiger partial charge in [0.05, 0.1) is 12.1 Å². The number of hydrogen-bond acceptors (Lipinski definition) is 4. The summed E-state index contributed by atoms with van der Waals surface area (Å²) in [6, 6.07) is 0. The van der Waals surface area contributed by atoms with Gasteiger partial charge < -0.3 is 14.7 Å².